The van der Waals surface area contributed by atoms with Crippen molar-refractivity contribution in [2.75, 3.05) is 19.6 Å². The third-order valence-electron chi connectivity index (χ3n) is 4.85. The number of carbonyl (C=O) groups is 1. The Labute approximate surface area is 144 Å². The predicted molar refractivity (Wildman–Crippen MR) is 92.6 cm³/mol. The number of piperidine rings is 1. The molecule has 2 fully saturated rings. The molecule has 5 heteroatoms. The van der Waals surface area contributed by atoms with Crippen LogP contribution in [0.2, 0.25) is 0 Å². The minimum atomic E-state index is -0.495. The van der Waals surface area contributed by atoms with Gasteiger partial charge in [0.05, 0.1) is 12.1 Å². The smallest absolute Gasteiger partial charge is 0.410 e. The maximum atomic E-state index is 12.5. The molecule has 3 rings (SSSR count). The summed E-state index contributed by atoms with van der Waals surface area (Å²) in [6.45, 7) is 8.68. The molecule has 0 saturated carbocycles. The topological polar surface area (TPSA) is 53.0 Å². The standard InChI is InChI=1S/C19H28N2O3/c1-19(2,3)24-18(23)21-10-9-17(22)15-12-20(13-16(15)21)11-14-7-5-4-6-8-14/h4-8,15-17,22H,9-13H2,1-3H3/t15?,16-,17?/m0/s1. The van der Waals surface area contributed by atoms with Gasteiger partial charge in [-0.25, -0.2) is 4.79 Å². The van der Waals surface area contributed by atoms with Crippen LogP contribution in [0.4, 0.5) is 4.79 Å². The molecular formula is C19H28N2O3. The summed E-state index contributed by atoms with van der Waals surface area (Å²) in [4.78, 5) is 16.7. The van der Waals surface area contributed by atoms with E-state index in [-0.39, 0.29) is 24.2 Å². The van der Waals surface area contributed by atoms with Gasteiger partial charge in [0.2, 0.25) is 0 Å². The zero-order chi connectivity index (χ0) is 17.3. The van der Waals surface area contributed by atoms with Gasteiger partial charge in [-0.2, -0.15) is 0 Å². The molecule has 2 aliphatic rings. The zero-order valence-corrected chi connectivity index (χ0v) is 14.8. The first-order chi connectivity index (χ1) is 11.3. The van der Waals surface area contributed by atoms with Gasteiger partial charge in [-0.1, -0.05) is 30.3 Å². The Morgan fingerprint density at radius 3 is 2.62 bits per heavy atom. The predicted octanol–water partition coefficient (Wildman–Crippen LogP) is 2.49. The van der Waals surface area contributed by atoms with Gasteiger partial charge in [0.1, 0.15) is 5.60 Å². The molecule has 3 atom stereocenters. The lowest BCUT2D eigenvalue weighted by molar-refractivity contribution is -0.0219. The van der Waals surface area contributed by atoms with E-state index in [2.05, 4.69) is 17.0 Å². The number of aliphatic hydroxyl groups excluding tert-OH is 1. The number of amides is 1. The van der Waals surface area contributed by atoms with Crippen LogP contribution in [0, 0.1) is 5.92 Å². The largest absolute Gasteiger partial charge is 0.444 e. The van der Waals surface area contributed by atoms with Gasteiger partial charge in [-0.05, 0) is 32.8 Å². The third-order valence-corrected chi connectivity index (χ3v) is 4.85. The van der Waals surface area contributed by atoms with Gasteiger partial charge in [-0.3, -0.25) is 4.90 Å². The Kier molecular flexibility index (Phi) is 4.83. The van der Waals surface area contributed by atoms with Crippen molar-refractivity contribution in [1.82, 2.24) is 9.80 Å². The molecule has 24 heavy (non-hydrogen) atoms. The van der Waals surface area contributed by atoms with Crippen LogP contribution in [-0.2, 0) is 11.3 Å². The fraction of sp³-hybridized carbons (Fsp3) is 0.632. The van der Waals surface area contributed by atoms with E-state index in [0.29, 0.717) is 13.0 Å². The first-order valence-electron chi connectivity index (χ1n) is 8.77. The second-order valence-electron chi connectivity index (χ2n) is 7.94. The number of fused-ring (bicyclic) bond motifs is 1. The first-order valence-corrected chi connectivity index (χ1v) is 8.77. The highest BCUT2D eigenvalue weighted by molar-refractivity contribution is 5.69. The van der Waals surface area contributed by atoms with Crippen molar-refractivity contribution < 1.29 is 14.6 Å². The number of hydrogen-bond acceptors (Lipinski definition) is 4. The van der Waals surface area contributed by atoms with Crippen molar-refractivity contribution >= 4 is 6.09 Å². The first kappa shape index (κ1) is 17.2. The van der Waals surface area contributed by atoms with Crippen LogP contribution in [0.25, 0.3) is 0 Å². The molecule has 1 aromatic rings. The molecule has 0 aliphatic carbocycles. The molecule has 0 radical (unpaired) electrons. The normalized spacial score (nSPS) is 27.8. The molecule has 2 heterocycles. The molecule has 2 unspecified atom stereocenters. The molecule has 2 aliphatic heterocycles. The molecular weight excluding hydrogens is 304 g/mol. The Hall–Kier alpha value is -1.59. The molecule has 2 saturated heterocycles. The minimum absolute atomic E-state index is 0.0345. The Morgan fingerprint density at radius 1 is 1.25 bits per heavy atom. The average Bonchev–Trinajstić information content (AvgIpc) is 2.91. The van der Waals surface area contributed by atoms with Crippen molar-refractivity contribution in [1.29, 1.82) is 0 Å². The van der Waals surface area contributed by atoms with E-state index < -0.39 is 5.60 Å². The van der Waals surface area contributed by atoms with Crippen LogP contribution in [0.3, 0.4) is 0 Å². The van der Waals surface area contributed by atoms with E-state index in [0.717, 1.165) is 19.6 Å². The van der Waals surface area contributed by atoms with Gasteiger partial charge in [0.15, 0.2) is 0 Å². The van der Waals surface area contributed by atoms with Crippen LogP contribution in [0.15, 0.2) is 30.3 Å². The molecule has 0 spiro atoms. The number of benzene rings is 1. The highest BCUT2D eigenvalue weighted by Crippen LogP contribution is 2.32. The highest BCUT2D eigenvalue weighted by atomic mass is 16.6. The Balaban J connectivity index is 1.69. The summed E-state index contributed by atoms with van der Waals surface area (Å²) >= 11 is 0. The summed E-state index contributed by atoms with van der Waals surface area (Å²) in [7, 11) is 0. The lowest BCUT2D eigenvalue weighted by atomic mass is 9.89. The zero-order valence-electron chi connectivity index (χ0n) is 14.8. The molecule has 1 aromatic carbocycles. The van der Waals surface area contributed by atoms with Crippen LogP contribution in [0.5, 0.6) is 0 Å². The van der Waals surface area contributed by atoms with E-state index in [1.807, 2.05) is 43.9 Å². The summed E-state index contributed by atoms with van der Waals surface area (Å²) in [5.74, 6) is 0.106. The Morgan fingerprint density at radius 2 is 1.96 bits per heavy atom. The summed E-state index contributed by atoms with van der Waals surface area (Å²) in [5, 5.41) is 10.4. The van der Waals surface area contributed by atoms with Gasteiger partial charge in [0.25, 0.3) is 0 Å². The van der Waals surface area contributed by atoms with Crippen LogP contribution in [0.1, 0.15) is 32.8 Å². The number of ether oxygens (including phenoxy) is 1. The van der Waals surface area contributed by atoms with Crippen LogP contribution >= 0.6 is 0 Å². The number of hydrogen-bond donors (Lipinski definition) is 1. The lowest BCUT2D eigenvalue weighted by Gasteiger charge is -2.40. The molecule has 1 N–H and O–H groups in total. The van der Waals surface area contributed by atoms with Crippen molar-refractivity contribution in [3.8, 4) is 0 Å². The van der Waals surface area contributed by atoms with Crippen molar-refractivity contribution in [3.05, 3.63) is 35.9 Å². The minimum Gasteiger partial charge on any atom is -0.444 e. The van der Waals surface area contributed by atoms with Gasteiger partial charge in [-0.15, -0.1) is 0 Å². The Bertz CT molecular complexity index is 570. The number of carbonyl (C=O) groups excluding carboxylic acids is 1. The molecule has 5 nitrogen and oxygen atoms in total. The van der Waals surface area contributed by atoms with E-state index in [1.165, 1.54) is 5.56 Å². The maximum Gasteiger partial charge on any atom is 0.410 e. The summed E-state index contributed by atoms with van der Waals surface area (Å²) in [6.07, 6.45) is 0.0278. The quantitative estimate of drug-likeness (QED) is 0.904. The number of rotatable bonds is 2. The van der Waals surface area contributed by atoms with E-state index in [1.54, 1.807) is 0 Å². The summed E-state index contributed by atoms with van der Waals surface area (Å²) < 4.78 is 5.56. The van der Waals surface area contributed by atoms with Crippen molar-refractivity contribution in [2.24, 2.45) is 5.92 Å². The average molecular weight is 332 g/mol. The second-order valence-corrected chi connectivity index (χ2v) is 7.94. The molecule has 0 aromatic heterocycles. The van der Waals surface area contributed by atoms with Gasteiger partial charge in [0, 0.05) is 32.1 Å². The molecule has 1 amide bonds. The number of likely N-dealkylation sites (tertiary alicyclic amines) is 2. The fourth-order valence-corrected chi connectivity index (χ4v) is 3.77. The second kappa shape index (κ2) is 6.73. The SMILES string of the molecule is CC(C)(C)OC(=O)N1CCC(O)C2CN(Cc3ccccc3)C[C@@H]21. The van der Waals surface area contributed by atoms with Crippen LogP contribution in [-0.4, -0.2) is 58.4 Å². The van der Waals surface area contributed by atoms with Crippen LogP contribution < -0.4 is 0 Å². The monoisotopic (exact) mass is 332 g/mol. The van der Waals surface area contributed by atoms with E-state index in [9.17, 15) is 9.90 Å². The molecule has 0 bridgehead atoms. The number of aliphatic hydroxyl groups is 1. The maximum absolute atomic E-state index is 12.5. The van der Waals surface area contributed by atoms with Crippen molar-refractivity contribution in [3.63, 3.8) is 0 Å². The lowest BCUT2D eigenvalue weighted by Crippen LogP contribution is -2.54. The van der Waals surface area contributed by atoms with E-state index >= 15 is 0 Å². The third kappa shape index (κ3) is 3.90. The molecule has 132 valence electrons. The summed E-state index contributed by atoms with van der Waals surface area (Å²) in [5.41, 5.74) is 0.764. The van der Waals surface area contributed by atoms with E-state index in [4.69, 9.17) is 4.74 Å². The summed E-state index contributed by atoms with van der Waals surface area (Å²) in [6, 6.07) is 10.4. The van der Waals surface area contributed by atoms with Gasteiger partial charge >= 0.3 is 6.09 Å². The fourth-order valence-electron chi connectivity index (χ4n) is 3.77. The van der Waals surface area contributed by atoms with Crippen molar-refractivity contribution in [2.45, 2.75) is 51.5 Å². The van der Waals surface area contributed by atoms with Gasteiger partial charge < -0.3 is 14.7 Å². The number of nitrogens with zero attached hydrogens (tertiary/aromatic N) is 2. The highest BCUT2D eigenvalue weighted by Gasteiger charge is 2.46.